The molecular weight excluding hydrogens is 304 g/mol. The lowest BCUT2D eigenvalue weighted by molar-refractivity contribution is -0.131. The largest absolute Gasteiger partial charge is 0.394 e. The zero-order valence-electron chi connectivity index (χ0n) is 11.5. The minimum Gasteiger partial charge on any atom is -0.394 e. The van der Waals surface area contributed by atoms with E-state index in [1.54, 1.807) is 20.8 Å². The highest BCUT2D eigenvalue weighted by Gasteiger charge is 2.40. The number of aromatic amines is 1. The third-order valence-corrected chi connectivity index (χ3v) is 6.40. The minimum absolute atomic E-state index is 0.0249. The van der Waals surface area contributed by atoms with Crippen molar-refractivity contribution in [1.82, 2.24) is 9.29 Å². The molecule has 7 nitrogen and oxygen atoms in total. The lowest BCUT2D eigenvalue weighted by atomic mass is 10.1. The quantitative estimate of drug-likeness (QED) is 0.810. The molecule has 0 aromatic carbocycles. The summed E-state index contributed by atoms with van der Waals surface area (Å²) in [7, 11) is -3.76. The van der Waals surface area contributed by atoms with E-state index in [4.69, 9.17) is 4.74 Å². The van der Waals surface area contributed by atoms with Gasteiger partial charge in [0.2, 0.25) is 0 Å². The van der Waals surface area contributed by atoms with Gasteiger partial charge in [0.05, 0.1) is 18.3 Å². The smallest absolute Gasteiger partial charge is 0.305 e. The van der Waals surface area contributed by atoms with Gasteiger partial charge in [0.15, 0.2) is 4.21 Å². The molecular formula is C11H18N2O5S2. The summed E-state index contributed by atoms with van der Waals surface area (Å²) in [5.74, 6) is 0. The molecule has 0 radical (unpaired) electrons. The van der Waals surface area contributed by atoms with Crippen LogP contribution >= 0.6 is 11.3 Å². The Bertz CT molecular complexity index is 646. The second-order valence-corrected chi connectivity index (χ2v) is 8.52. The van der Waals surface area contributed by atoms with Gasteiger partial charge >= 0.3 is 4.87 Å². The van der Waals surface area contributed by atoms with Gasteiger partial charge in [-0.1, -0.05) is 11.3 Å². The first-order valence-electron chi connectivity index (χ1n) is 6.14. The fourth-order valence-electron chi connectivity index (χ4n) is 2.27. The Morgan fingerprint density at radius 1 is 1.55 bits per heavy atom. The molecule has 2 N–H and O–H groups in total. The van der Waals surface area contributed by atoms with Crippen molar-refractivity contribution in [2.75, 3.05) is 19.7 Å². The van der Waals surface area contributed by atoms with Crippen molar-refractivity contribution < 1.29 is 18.3 Å². The SMILES string of the molecule is Cc1[nH]c(=O)sc1S(=O)(=O)N1CC(CO)OC(C)(C)C1. The Labute approximate surface area is 121 Å². The molecule has 1 aliphatic rings. The molecule has 1 fully saturated rings. The summed E-state index contributed by atoms with van der Waals surface area (Å²) in [4.78, 5) is 13.4. The lowest BCUT2D eigenvalue weighted by Crippen LogP contribution is -2.55. The summed E-state index contributed by atoms with van der Waals surface area (Å²) in [6.45, 7) is 5.09. The van der Waals surface area contributed by atoms with Crippen LogP contribution in [0.3, 0.4) is 0 Å². The van der Waals surface area contributed by atoms with E-state index in [1.807, 2.05) is 0 Å². The van der Waals surface area contributed by atoms with Crippen molar-refractivity contribution in [3.63, 3.8) is 0 Å². The van der Waals surface area contributed by atoms with E-state index in [2.05, 4.69) is 4.98 Å². The van der Waals surface area contributed by atoms with Gasteiger partial charge in [0.25, 0.3) is 10.0 Å². The van der Waals surface area contributed by atoms with Crippen molar-refractivity contribution in [2.45, 2.75) is 36.7 Å². The normalized spacial score (nSPS) is 23.9. The van der Waals surface area contributed by atoms with Gasteiger partial charge in [-0.05, 0) is 20.8 Å². The van der Waals surface area contributed by atoms with Crippen LogP contribution in [-0.4, -0.2) is 54.2 Å². The number of rotatable bonds is 3. The van der Waals surface area contributed by atoms with Gasteiger partial charge < -0.3 is 14.8 Å². The van der Waals surface area contributed by atoms with Crippen LogP contribution in [-0.2, 0) is 14.8 Å². The van der Waals surface area contributed by atoms with Crippen LogP contribution in [0.5, 0.6) is 0 Å². The fraction of sp³-hybridized carbons (Fsp3) is 0.727. The fourth-order valence-corrected chi connectivity index (χ4v) is 5.33. The van der Waals surface area contributed by atoms with Crippen LogP contribution in [0.4, 0.5) is 0 Å². The van der Waals surface area contributed by atoms with Crippen LogP contribution in [0.2, 0.25) is 0 Å². The molecule has 2 heterocycles. The molecule has 0 saturated carbocycles. The first kappa shape index (κ1) is 15.6. The Morgan fingerprint density at radius 2 is 2.20 bits per heavy atom. The standard InChI is InChI=1S/C11H18N2O5S2/c1-7-9(19-10(15)12-7)20(16,17)13-4-8(5-14)18-11(2,3)6-13/h8,14H,4-6H2,1-3H3,(H,12,15). The zero-order valence-corrected chi connectivity index (χ0v) is 13.2. The summed E-state index contributed by atoms with van der Waals surface area (Å²) in [6.07, 6.45) is -0.565. The maximum atomic E-state index is 12.6. The number of aromatic nitrogens is 1. The number of H-pyrrole nitrogens is 1. The van der Waals surface area contributed by atoms with Crippen molar-refractivity contribution in [2.24, 2.45) is 0 Å². The van der Waals surface area contributed by atoms with Gasteiger partial charge in [-0.25, -0.2) is 8.42 Å². The summed E-state index contributed by atoms with van der Waals surface area (Å²) in [6, 6.07) is 0. The van der Waals surface area contributed by atoms with Crippen molar-refractivity contribution in [3.8, 4) is 0 Å². The number of aryl methyl sites for hydroxylation is 1. The maximum Gasteiger partial charge on any atom is 0.305 e. The Morgan fingerprint density at radius 3 is 2.70 bits per heavy atom. The van der Waals surface area contributed by atoms with Crippen LogP contribution in [0.25, 0.3) is 0 Å². The molecule has 2 rings (SSSR count). The summed E-state index contributed by atoms with van der Waals surface area (Å²) < 4.78 is 32.1. The predicted octanol–water partition coefficient (Wildman–Crippen LogP) is -0.0948. The van der Waals surface area contributed by atoms with Crippen LogP contribution < -0.4 is 4.87 Å². The van der Waals surface area contributed by atoms with Crippen LogP contribution in [0.15, 0.2) is 9.00 Å². The molecule has 9 heteroatoms. The second-order valence-electron chi connectivity index (χ2n) is 5.41. The van der Waals surface area contributed by atoms with E-state index in [9.17, 15) is 18.3 Å². The number of hydrogen-bond donors (Lipinski definition) is 2. The monoisotopic (exact) mass is 322 g/mol. The molecule has 1 aliphatic heterocycles. The number of sulfonamides is 1. The summed E-state index contributed by atoms with van der Waals surface area (Å²) >= 11 is 0.680. The molecule has 1 saturated heterocycles. The summed E-state index contributed by atoms with van der Waals surface area (Å²) in [5.41, 5.74) is -0.349. The maximum absolute atomic E-state index is 12.6. The van der Waals surface area contributed by atoms with Crippen molar-refractivity contribution in [1.29, 1.82) is 0 Å². The van der Waals surface area contributed by atoms with Gasteiger partial charge in [-0.15, -0.1) is 0 Å². The van der Waals surface area contributed by atoms with E-state index in [1.165, 1.54) is 4.31 Å². The Hall–Kier alpha value is -0.740. The van der Waals surface area contributed by atoms with Crippen molar-refractivity contribution in [3.05, 3.63) is 15.4 Å². The van der Waals surface area contributed by atoms with Gasteiger partial charge in [-0.2, -0.15) is 4.31 Å². The Balaban J connectivity index is 2.38. The molecule has 1 unspecified atom stereocenters. The Kier molecular flexibility index (Phi) is 4.09. The number of thiazole rings is 1. The number of morpholine rings is 1. The molecule has 0 amide bonds. The first-order valence-corrected chi connectivity index (χ1v) is 8.40. The molecule has 114 valence electrons. The van der Waals surface area contributed by atoms with E-state index in [-0.39, 0.29) is 23.9 Å². The molecule has 20 heavy (non-hydrogen) atoms. The van der Waals surface area contributed by atoms with Gasteiger partial charge in [-0.3, -0.25) is 4.79 Å². The highest BCUT2D eigenvalue weighted by atomic mass is 32.2. The average molecular weight is 322 g/mol. The number of aliphatic hydroxyl groups excluding tert-OH is 1. The third kappa shape index (κ3) is 2.96. The van der Waals surface area contributed by atoms with E-state index in [0.29, 0.717) is 17.0 Å². The molecule has 1 aromatic rings. The third-order valence-electron chi connectivity index (χ3n) is 3.01. The highest BCUT2D eigenvalue weighted by molar-refractivity contribution is 7.91. The molecule has 1 atom stereocenters. The second kappa shape index (κ2) is 5.23. The predicted molar refractivity (Wildman–Crippen MR) is 74.5 cm³/mol. The number of aliphatic hydroxyl groups is 1. The topological polar surface area (TPSA) is 99.7 Å². The molecule has 1 aromatic heterocycles. The molecule has 0 aliphatic carbocycles. The number of ether oxygens (including phenoxy) is 1. The zero-order chi connectivity index (χ0) is 15.1. The highest BCUT2D eigenvalue weighted by Crippen LogP contribution is 2.28. The average Bonchev–Trinajstić information content (AvgIpc) is 2.67. The minimum atomic E-state index is -3.76. The number of hydrogen-bond acceptors (Lipinski definition) is 6. The first-order chi connectivity index (χ1) is 9.15. The van der Waals surface area contributed by atoms with E-state index < -0.39 is 26.6 Å². The van der Waals surface area contributed by atoms with Crippen LogP contribution in [0, 0.1) is 6.92 Å². The van der Waals surface area contributed by atoms with Crippen molar-refractivity contribution >= 4 is 21.4 Å². The van der Waals surface area contributed by atoms with Gasteiger partial charge in [0, 0.05) is 18.8 Å². The molecule has 0 bridgehead atoms. The summed E-state index contributed by atoms with van der Waals surface area (Å²) in [5, 5.41) is 9.24. The van der Waals surface area contributed by atoms with Crippen LogP contribution in [0.1, 0.15) is 19.5 Å². The lowest BCUT2D eigenvalue weighted by Gasteiger charge is -2.41. The molecule has 0 spiro atoms. The van der Waals surface area contributed by atoms with E-state index in [0.717, 1.165) is 0 Å². The number of nitrogens with one attached hydrogen (secondary N) is 1. The van der Waals surface area contributed by atoms with Gasteiger partial charge in [0.1, 0.15) is 0 Å². The number of nitrogens with zero attached hydrogens (tertiary/aromatic N) is 1. The van der Waals surface area contributed by atoms with E-state index >= 15 is 0 Å².